The van der Waals surface area contributed by atoms with E-state index in [4.69, 9.17) is 5.73 Å². The molecule has 0 bridgehead atoms. The molecule has 1 aromatic carbocycles. The molecule has 0 aliphatic carbocycles. The van der Waals surface area contributed by atoms with Gasteiger partial charge in [-0.15, -0.1) is 0 Å². The lowest BCUT2D eigenvalue weighted by molar-refractivity contribution is 0.551. The van der Waals surface area contributed by atoms with Crippen molar-refractivity contribution in [3.05, 3.63) is 46.7 Å². The van der Waals surface area contributed by atoms with Gasteiger partial charge in [0.2, 0.25) is 0 Å². The van der Waals surface area contributed by atoms with Crippen molar-refractivity contribution in [3.8, 4) is 5.69 Å². The fourth-order valence-corrected chi connectivity index (χ4v) is 2.42. The Hall–Kier alpha value is -1.13. The third-order valence-corrected chi connectivity index (χ3v) is 3.17. The van der Waals surface area contributed by atoms with E-state index >= 15 is 0 Å². The highest BCUT2D eigenvalue weighted by atomic mass is 79.9. The van der Waals surface area contributed by atoms with Crippen molar-refractivity contribution in [2.75, 3.05) is 0 Å². The van der Waals surface area contributed by atoms with E-state index in [-0.39, 0.29) is 0 Å². The van der Waals surface area contributed by atoms with E-state index in [0.29, 0.717) is 0 Å². The predicted octanol–water partition coefficient (Wildman–Crippen LogP) is 2.83. The van der Waals surface area contributed by atoms with Crippen LogP contribution in [0.4, 0.5) is 0 Å². The lowest BCUT2D eigenvalue weighted by Gasteiger charge is -2.17. The third-order valence-electron chi connectivity index (χ3n) is 2.41. The topological polar surface area (TPSA) is 43.8 Å². The van der Waals surface area contributed by atoms with E-state index < -0.39 is 5.54 Å². The Kier molecular flexibility index (Phi) is 2.86. The van der Waals surface area contributed by atoms with Crippen LogP contribution in [0.5, 0.6) is 0 Å². The van der Waals surface area contributed by atoms with Crippen molar-refractivity contribution in [3.63, 3.8) is 0 Å². The maximum atomic E-state index is 6.07. The summed E-state index contributed by atoms with van der Waals surface area (Å²) in [4.78, 5) is 0. The molecule has 16 heavy (non-hydrogen) atoms. The molecule has 0 saturated carbocycles. The van der Waals surface area contributed by atoms with Gasteiger partial charge in [-0.25, -0.2) is 4.68 Å². The van der Waals surface area contributed by atoms with Crippen LogP contribution in [0.1, 0.15) is 19.4 Å². The van der Waals surface area contributed by atoms with E-state index in [1.54, 1.807) is 6.20 Å². The molecule has 0 unspecified atom stereocenters. The summed E-state index contributed by atoms with van der Waals surface area (Å²) in [6.45, 7) is 3.92. The van der Waals surface area contributed by atoms with Gasteiger partial charge in [-0.2, -0.15) is 5.10 Å². The summed E-state index contributed by atoms with van der Waals surface area (Å²) >= 11 is 3.54. The molecule has 3 nitrogen and oxygen atoms in total. The largest absolute Gasteiger partial charge is 0.322 e. The summed E-state index contributed by atoms with van der Waals surface area (Å²) < 4.78 is 2.75. The van der Waals surface area contributed by atoms with Crippen LogP contribution in [-0.2, 0) is 5.54 Å². The maximum absolute atomic E-state index is 6.07. The van der Waals surface area contributed by atoms with Gasteiger partial charge in [-0.3, -0.25) is 0 Å². The number of hydrogen-bond acceptors (Lipinski definition) is 2. The van der Waals surface area contributed by atoms with Crippen LogP contribution in [0, 0.1) is 0 Å². The zero-order valence-electron chi connectivity index (χ0n) is 9.31. The molecule has 0 aliphatic rings. The SMILES string of the molecule is CC(C)(N)c1cnn(-c2ccccc2)c1Br. The average Bonchev–Trinajstić information content (AvgIpc) is 2.61. The Bertz CT molecular complexity index is 483. The molecule has 4 heteroatoms. The number of para-hydroxylation sites is 1. The number of rotatable bonds is 2. The lowest BCUT2D eigenvalue weighted by Crippen LogP contribution is -2.28. The summed E-state index contributed by atoms with van der Waals surface area (Å²) in [7, 11) is 0. The van der Waals surface area contributed by atoms with E-state index in [2.05, 4.69) is 21.0 Å². The molecule has 2 rings (SSSR count). The molecule has 0 fully saturated rings. The van der Waals surface area contributed by atoms with E-state index in [1.807, 2.05) is 48.9 Å². The number of hydrogen-bond donors (Lipinski definition) is 1. The Labute approximate surface area is 103 Å². The zero-order chi connectivity index (χ0) is 11.8. The van der Waals surface area contributed by atoms with Gasteiger partial charge < -0.3 is 5.73 Å². The standard InChI is InChI=1S/C12H14BrN3/c1-12(2,14)10-8-15-16(11(10)13)9-6-4-3-5-7-9/h3-8H,14H2,1-2H3. The molecule has 0 spiro atoms. The highest BCUT2D eigenvalue weighted by Crippen LogP contribution is 2.27. The van der Waals surface area contributed by atoms with Crippen molar-refractivity contribution in [2.24, 2.45) is 5.73 Å². The van der Waals surface area contributed by atoms with Crippen LogP contribution < -0.4 is 5.73 Å². The molecule has 0 atom stereocenters. The predicted molar refractivity (Wildman–Crippen MR) is 68.5 cm³/mol. The quantitative estimate of drug-likeness (QED) is 0.919. The smallest absolute Gasteiger partial charge is 0.114 e. The monoisotopic (exact) mass is 279 g/mol. The second-order valence-corrected chi connectivity index (χ2v) is 5.07. The van der Waals surface area contributed by atoms with Crippen LogP contribution in [0.15, 0.2) is 41.1 Å². The fourth-order valence-electron chi connectivity index (χ4n) is 1.51. The van der Waals surface area contributed by atoms with Crippen LogP contribution in [0.25, 0.3) is 5.69 Å². The second kappa shape index (κ2) is 4.03. The molecule has 1 aromatic heterocycles. The van der Waals surface area contributed by atoms with Crippen molar-refractivity contribution in [1.82, 2.24) is 9.78 Å². The Morgan fingerprint density at radius 2 is 1.88 bits per heavy atom. The summed E-state index contributed by atoms with van der Waals surface area (Å²) in [6, 6.07) is 9.96. The highest BCUT2D eigenvalue weighted by Gasteiger charge is 2.21. The minimum Gasteiger partial charge on any atom is -0.322 e. The van der Waals surface area contributed by atoms with Gasteiger partial charge in [0, 0.05) is 11.1 Å². The number of nitrogens with zero attached hydrogens (tertiary/aromatic N) is 2. The first-order valence-electron chi connectivity index (χ1n) is 5.08. The van der Waals surface area contributed by atoms with Gasteiger partial charge in [0.1, 0.15) is 4.60 Å². The van der Waals surface area contributed by atoms with Crippen molar-refractivity contribution in [1.29, 1.82) is 0 Å². The second-order valence-electron chi connectivity index (χ2n) is 4.32. The van der Waals surface area contributed by atoms with Crippen molar-refractivity contribution >= 4 is 15.9 Å². The number of nitrogens with two attached hydrogens (primary N) is 1. The minimum absolute atomic E-state index is 0.397. The normalized spacial score (nSPS) is 11.8. The van der Waals surface area contributed by atoms with Gasteiger partial charge in [0.25, 0.3) is 0 Å². The Morgan fingerprint density at radius 3 is 2.38 bits per heavy atom. The van der Waals surface area contributed by atoms with Crippen molar-refractivity contribution in [2.45, 2.75) is 19.4 Å². The van der Waals surface area contributed by atoms with E-state index in [9.17, 15) is 0 Å². The van der Waals surface area contributed by atoms with Gasteiger partial charge in [-0.1, -0.05) is 18.2 Å². The fraction of sp³-hybridized carbons (Fsp3) is 0.250. The first-order chi connectivity index (χ1) is 7.50. The molecule has 0 aliphatic heterocycles. The molecule has 2 N–H and O–H groups in total. The van der Waals surface area contributed by atoms with E-state index in [0.717, 1.165) is 15.9 Å². The van der Waals surface area contributed by atoms with Crippen LogP contribution >= 0.6 is 15.9 Å². The molecular formula is C12H14BrN3. The summed E-state index contributed by atoms with van der Waals surface area (Å²) in [5, 5.41) is 4.34. The molecule has 0 radical (unpaired) electrons. The first kappa shape index (κ1) is 11.4. The summed E-state index contributed by atoms with van der Waals surface area (Å²) in [6.07, 6.45) is 1.80. The van der Waals surface area contributed by atoms with Crippen LogP contribution in [0.2, 0.25) is 0 Å². The highest BCUT2D eigenvalue weighted by molar-refractivity contribution is 9.10. The lowest BCUT2D eigenvalue weighted by atomic mass is 10.00. The Morgan fingerprint density at radius 1 is 1.25 bits per heavy atom. The third kappa shape index (κ3) is 2.03. The summed E-state index contributed by atoms with van der Waals surface area (Å²) in [5.74, 6) is 0. The molecule has 0 amide bonds. The zero-order valence-corrected chi connectivity index (χ0v) is 10.9. The number of halogens is 1. The molecular weight excluding hydrogens is 266 g/mol. The minimum atomic E-state index is -0.397. The van der Waals surface area contributed by atoms with Gasteiger partial charge in [0.05, 0.1) is 11.9 Å². The molecule has 84 valence electrons. The number of aromatic nitrogens is 2. The van der Waals surface area contributed by atoms with E-state index in [1.165, 1.54) is 0 Å². The van der Waals surface area contributed by atoms with Gasteiger partial charge in [-0.05, 0) is 41.9 Å². The molecule has 0 saturated heterocycles. The molecule has 1 heterocycles. The number of benzene rings is 1. The van der Waals surface area contributed by atoms with Gasteiger partial charge >= 0.3 is 0 Å². The first-order valence-corrected chi connectivity index (χ1v) is 5.88. The Balaban J connectivity index is 2.50. The van der Waals surface area contributed by atoms with Crippen LogP contribution in [0.3, 0.4) is 0 Å². The van der Waals surface area contributed by atoms with Gasteiger partial charge in [0.15, 0.2) is 0 Å². The molecule has 2 aromatic rings. The summed E-state index contributed by atoms with van der Waals surface area (Å²) in [5.41, 5.74) is 7.68. The van der Waals surface area contributed by atoms with Crippen LogP contribution in [-0.4, -0.2) is 9.78 Å². The maximum Gasteiger partial charge on any atom is 0.114 e. The van der Waals surface area contributed by atoms with Crippen molar-refractivity contribution < 1.29 is 0 Å². The average molecular weight is 280 g/mol.